The summed E-state index contributed by atoms with van der Waals surface area (Å²) in [4.78, 5) is 3.48. The number of aromatic nitrogens is 2. The van der Waals surface area contributed by atoms with Crippen LogP contribution in [0.1, 0.15) is 36.6 Å². The van der Waals surface area contributed by atoms with Crippen LogP contribution in [0.4, 0.5) is 13.2 Å². The lowest BCUT2D eigenvalue weighted by Gasteiger charge is -2.33. The average molecular weight is 381 g/mol. The van der Waals surface area contributed by atoms with Crippen molar-refractivity contribution in [3.63, 3.8) is 0 Å². The Morgan fingerprint density at radius 1 is 1.37 bits per heavy atom. The van der Waals surface area contributed by atoms with Gasteiger partial charge in [-0.15, -0.1) is 0 Å². The molecular weight excluding hydrogens is 359 g/mol. The lowest BCUT2D eigenvalue weighted by molar-refractivity contribution is -0.145. The van der Waals surface area contributed by atoms with Crippen molar-refractivity contribution in [3.8, 4) is 11.4 Å². The molecule has 146 valence electrons. The Labute approximate surface area is 155 Å². The van der Waals surface area contributed by atoms with Gasteiger partial charge in [0, 0.05) is 36.1 Å². The van der Waals surface area contributed by atoms with Crippen LogP contribution in [0.15, 0.2) is 30.6 Å². The predicted molar refractivity (Wildman–Crippen MR) is 93.3 cm³/mol. The summed E-state index contributed by atoms with van der Waals surface area (Å²) in [5.74, 6) is -0.186. The Morgan fingerprint density at radius 3 is 2.93 bits per heavy atom. The first-order valence-electron chi connectivity index (χ1n) is 9.05. The molecule has 0 amide bonds. The number of halogens is 3. The van der Waals surface area contributed by atoms with Crippen LogP contribution in [-0.4, -0.2) is 42.0 Å². The summed E-state index contributed by atoms with van der Waals surface area (Å²) in [6, 6.07) is 5.10. The fourth-order valence-corrected chi connectivity index (χ4v) is 4.19. The topological polar surface area (TPSA) is 48.3 Å². The lowest BCUT2D eigenvalue weighted by Crippen LogP contribution is -2.45. The summed E-state index contributed by atoms with van der Waals surface area (Å²) in [6.45, 7) is 2.35. The highest BCUT2D eigenvalue weighted by molar-refractivity contribution is 5.47. The third-order valence-electron chi connectivity index (χ3n) is 5.47. The lowest BCUT2D eigenvalue weighted by atomic mass is 9.84. The van der Waals surface area contributed by atoms with Gasteiger partial charge >= 0.3 is 6.18 Å². The number of hydrogen-bond acceptors (Lipinski definition) is 4. The van der Waals surface area contributed by atoms with Crippen LogP contribution in [-0.2, 0) is 10.9 Å². The van der Waals surface area contributed by atoms with E-state index in [0.29, 0.717) is 18.0 Å². The minimum absolute atomic E-state index is 0.0812. The van der Waals surface area contributed by atoms with Gasteiger partial charge < -0.3 is 14.8 Å². The second-order valence-corrected chi connectivity index (χ2v) is 7.22. The van der Waals surface area contributed by atoms with Gasteiger partial charge in [0.25, 0.3) is 0 Å². The van der Waals surface area contributed by atoms with Gasteiger partial charge in [0.2, 0.25) is 5.82 Å². The van der Waals surface area contributed by atoms with E-state index in [1.54, 1.807) is 25.3 Å². The maximum atomic E-state index is 13.2. The maximum Gasteiger partial charge on any atom is 0.450 e. The summed E-state index contributed by atoms with van der Waals surface area (Å²) >= 11 is 0. The van der Waals surface area contributed by atoms with Gasteiger partial charge in [0.05, 0.1) is 19.3 Å². The number of piperidine rings is 1. The molecule has 1 spiro atoms. The second-order valence-electron chi connectivity index (χ2n) is 7.22. The SMILES string of the molecule is COc1ccc(-n2ccnc2C(F)(F)F)cc1[C@@H]1CO[C@]2(CCCNC2)C1. The summed E-state index contributed by atoms with van der Waals surface area (Å²) < 4.78 is 52.3. The molecule has 8 heteroatoms. The molecule has 0 aliphatic carbocycles. The van der Waals surface area contributed by atoms with Crippen LogP contribution in [0.25, 0.3) is 5.69 Å². The highest BCUT2D eigenvalue weighted by atomic mass is 19.4. The third-order valence-corrected chi connectivity index (χ3v) is 5.47. The molecule has 2 atom stereocenters. The number of alkyl halides is 3. The third kappa shape index (κ3) is 3.43. The fourth-order valence-electron chi connectivity index (χ4n) is 4.19. The van der Waals surface area contributed by atoms with Gasteiger partial charge in [0.1, 0.15) is 5.75 Å². The second kappa shape index (κ2) is 6.83. The van der Waals surface area contributed by atoms with Gasteiger partial charge in [-0.1, -0.05) is 0 Å². The molecule has 2 aliphatic rings. The van der Waals surface area contributed by atoms with Crippen molar-refractivity contribution in [2.24, 2.45) is 0 Å². The highest BCUT2D eigenvalue weighted by Crippen LogP contribution is 2.43. The van der Waals surface area contributed by atoms with Gasteiger partial charge in [-0.3, -0.25) is 4.57 Å². The zero-order valence-electron chi connectivity index (χ0n) is 15.1. The molecule has 2 fully saturated rings. The molecular formula is C19H22F3N3O2. The highest BCUT2D eigenvalue weighted by Gasteiger charge is 2.42. The van der Waals surface area contributed by atoms with E-state index in [1.165, 1.54) is 6.20 Å². The van der Waals surface area contributed by atoms with Crippen molar-refractivity contribution < 1.29 is 22.6 Å². The van der Waals surface area contributed by atoms with Crippen molar-refractivity contribution in [1.82, 2.24) is 14.9 Å². The molecule has 0 radical (unpaired) electrons. The summed E-state index contributed by atoms with van der Waals surface area (Å²) in [5.41, 5.74) is 1.11. The molecule has 4 rings (SSSR count). The number of methoxy groups -OCH3 is 1. The van der Waals surface area contributed by atoms with Gasteiger partial charge in [-0.25, -0.2) is 4.98 Å². The molecule has 0 saturated carbocycles. The maximum absolute atomic E-state index is 13.2. The van der Waals surface area contributed by atoms with Gasteiger partial charge in [-0.2, -0.15) is 13.2 Å². The van der Waals surface area contributed by atoms with Gasteiger partial charge in [0.15, 0.2) is 0 Å². The van der Waals surface area contributed by atoms with Crippen molar-refractivity contribution >= 4 is 0 Å². The smallest absolute Gasteiger partial charge is 0.450 e. The molecule has 2 aromatic rings. The Morgan fingerprint density at radius 2 is 2.22 bits per heavy atom. The van der Waals surface area contributed by atoms with E-state index in [1.807, 2.05) is 0 Å². The standard InChI is InChI=1S/C19H22F3N3O2/c1-26-16-4-3-14(25-8-7-24-17(25)19(20,21)22)9-15(16)13-10-18(27-11-13)5-2-6-23-12-18/h3-4,7-9,13,23H,2,5-6,10-12H2,1H3/t13-,18+/m0/s1. The van der Waals surface area contributed by atoms with Crippen molar-refractivity contribution in [1.29, 1.82) is 0 Å². The van der Waals surface area contributed by atoms with Crippen LogP contribution in [0.3, 0.4) is 0 Å². The van der Waals surface area contributed by atoms with Crippen molar-refractivity contribution in [2.45, 2.75) is 37.0 Å². The molecule has 2 saturated heterocycles. The van der Waals surface area contributed by atoms with E-state index in [4.69, 9.17) is 9.47 Å². The molecule has 0 bridgehead atoms. The van der Waals surface area contributed by atoms with E-state index < -0.39 is 12.0 Å². The van der Waals surface area contributed by atoms with Crippen LogP contribution in [0, 0.1) is 0 Å². The van der Waals surface area contributed by atoms with Crippen molar-refractivity contribution in [3.05, 3.63) is 42.0 Å². The van der Waals surface area contributed by atoms with Crippen LogP contribution >= 0.6 is 0 Å². The van der Waals surface area contributed by atoms with E-state index in [2.05, 4.69) is 10.3 Å². The van der Waals surface area contributed by atoms with E-state index >= 15 is 0 Å². The Hall–Kier alpha value is -2.06. The van der Waals surface area contributed by atoms with Crippen LogP contribution in [0.5, 0.6) is 5.75 Å². The van der Waals surface area contributed by atoms with E-state index in [0.717, 1.165) is 48.7 Å². The van der Waals surface area contributed by atoms with Crippen LogP contribution < -0.4 is 10.1 Å². The Kier molecular flexibility index (Phi) is 4.63. The molecule has 3 heterocycles. The van der Waals surface area contributed by atoms with E-state index in [-0.39, 0.29) is 11.5 Å². The molecule has 0 unspecified atom stereocenters. The van der Waals surface area contributed by atoms with Gasteiger partial charge in [-0.05, 0) is 44.0 Å². The first-order valence-corrected chi connectivity index (χ1v) is 9.05. The number of ether oxygens (including phenoxy) is 2. The number of nitrogens with zero attached hydrogens (tertiary/aromatic N) is 2. The van der Waals surface area contributed by atoms with Crippen molar-refractivity contribution in [2.75, 3.05) is 26.8 Å². The summed E-state index contributed by atoms with van der Waals surface area (Å²) in [5, 5.41) is 3.38. The van der Waals surface area contributed by atoms with Crippen LogP contribution in [0.2, 0.25) is 0 Å². The molecule has 1 aromatic carbocycles. The summed E-state index contributed by atoms with van der Waals surface area (Å²) in [6.07, 6.45) is 0.861. The normalized spacial score (nSPS) is 25.9. The van der Waals surface area contributed by atoms with E-state index in [9.17, 15) is 13.2 Å². The monoisotopic (exact) mass is 381 g/mol. The zero-order valence-corrected chi connectivity index (χ0v) is 15.1. The minimum atomic E-state index is -4.52. The first-order chi connectivity index (χ1) is 12.9. The summed E-state index contributed by atoms with van der Waals surface area (Å²) in [7, 11) is 1.57. The largest absolute Gasteiger partial charge is 0.496 e. The molecule has 1 aromatic heterocycles. The predicted octanol–water partition coefficient (Wildman–Crippen LogP) is 3.53. The number of hydrogen-bond donors (Lipinski definition) is 1. The molecule has 1 N–H and O–H groups in total. The molecule has 5 nitrogen and oxygen atoms in total. The average Bonchev–Trinajstić information content (AvgIpc) is 3.29. The minimum Gasteiger partial charge on any atom is -0.496 e. The quantitative estimate of drug-likeness (QED) is 0.884. The first kappa shape index (κ1) is 18.3. The molecule has 27 heavy (non-hydrogen) atoms. The number of benzene rings is 1. The number of imidazole rings is 1. The number of rotatable bonds is 3. The number of nitrogens with one attached hydrogen (secondary N) is 1. The Bertz CT molecular complexity index is 813. The zero-order chi connectivity index (χ0) is 19.1. The molecule has 2 aliphatic heterocycles. The fraction of sp³-hybridized carbons (Fsp3) is 0.526. The Balaban J connectivity index is 1.68.